The van der Waals surface area contributed by atoms with Crippen molar-refractivity contribution in [3.8, 4) is 0 Å². The third kappa shape index (κ3) is 2.18. The van der Waals surface area contributed by atoms with Gasteiger partial charge in [0.1, 0.15) is 6.29 Å². The van der Waals surface area contributed by atoms with E-state index in [-0.39, 0.29) is 0 Å². The molecule has 1 heteroatoms. The summed E-state index contributed by atoms with van der Waals surface area (Å²) >= 11 is 0. The van der Waals surface area contributed by atoms with Gasteiger partial charge in [0.2, 0.25) is 0 Å². The molecule has 0 aromatic rings. The summed E-state index contributed by atoms with van der Waals surface area (Å²) in [5, 5.41) is 0. The van der Waals surface area contributed by atoms with E-state index in [2.05, 4.69) is 12.2 Å². The molecule has 11 heavy (non-hydrogen) atoms. The second kappa shape index (κ2) is 4.32. The first-order chi connectivity index (χ1) is 5.38. The molecular formula is C10H16O. The molecule has 0 N–H and O–H groups in total. The van der Waals surface area contributed by atoms with Crippen molar-refractivity contribution in [3.05, 3.63) is 12.2 Å². The fourth-order valence-electron chi connectivity index (χ4n) is 1.84. The molecule has 1 nitrogen and oxygen atoms in total. The van der Waals surface area contributed by atoms with E-state index in [0.29, 0.717) is 11.8 Å². The van der Waals surface area contributed by atoms with Crippen LogP contribution in [0.25, 0.3) is 0 Å². The molecule has 0 spiro atoms. The van der Waals surface area contributed by atoms with Gasteiger partial charge in [0.25, 0.3) is 0 Å². The highest BCUT2D eigenvalue weighted by molar-refractivity contribution is 5.54. The van der Waals surface area contributed by atoms with Crippen LogP contribution in [0.2, 0.25) is 0 Å². The predicted octanol–water partition coefficient (Wildman–Crippen LogP) is 2.57. The summed E-state index contributed by atoms with van der Waals surface area (Å²) in [5.41, 5.74) is 0. The van der Waals surface area contributed by atoms with Gasteiger partial charge in [0.05, 0.1) is 0 Å². The number of carbonyl (C=O) groups is 1. The van der Waals surface area contributed by atoms with E-state index in [0.717, 1.165) is 12.7 Å². The molecule has 0 heterocycles. The van der Waals surface area contributed by atoms with Crippen molar-refractivity contribution in [2.45, 2.75) is 32.6 Å². The summed E-state index contributed by atoms with van der Waals surface area (Å²) in [4.78, 5) is 10.6. The molecule has 0 saturated heterocycles. The number of carbonyl (C=O) groups excluding carboxylic acids is 1. The molecule has 0 unspecified atom stereocenters. The lowest BCUT2D eigenvalue weighted by Gasteiger charge is -2.24. The Morgan fingerprint density at radius 1 is 1.18 bits per heavy atom. The van der Waals surface area contributed by atoms with E-state index < -0.39 is 0 Å². The Morgan fingerprint density at radius 2 is 1.82 bits per heavy atom. The number of rotatable bonds is 2. The van der Waals surface area contributed by atoms with E-state index in [1.807, 2.05) is 6.92 Å². The zero-order valence-corrected chi connectivity index (χ0v) is 7.12. The highest BCUT2D eigenvalue weighted by Crippen LogP contribution is 2.29. The third-order valence-corrected chi connectivity index (χ3v) is 2.49. The lowest BCUT2D eigenvalue weighted by atomic mass is 9.80. The lowest BCUT2D eigenvalue weighted by Crippen LogP contribution is -2.18. The number of allylic oxidation sites excluding steroid dienone is 2. The monoisotopic (exact) mass is 152 g/mol. The molecule has 0 aliphatic heterocycles. The molecule has 0 amide bonds. The van der Waals surface area contributed by atoms with Crippen molar-refractivity contribution in [3.63, 3.8) is 0 Å². The van der Waals surface area contributed by atoms with Gasteiger partial charge in [-0.2, -0.15) is 0 Å². The van der Waals surface area contributed by atoms with Gasteiger partial charge in [-0.25, -0.2) is 0 Å². The Bertz CT molecular complexity index is 149. The maximum Gasteiger partial charge on any atom is 0.123 e. The average Bonchev–Trinajstić information content (AvgIpc) is 2.06. The molecule has 62 valence electrons. The molecule has 1 aliphatic rings. The fourth-order valence-corrected chi connectivity index (χ4v) is 1.84. The number of aldehydes is 1. The largest absolute Gasteiger partial charge is 0.303 e. The molecule has 2 atom stereocenters. The van der Waals surface area contributed by atoms with Crippen LogP contribution in [0.5, 0.6) is 0 Å². The van der Waals surface area contributed by atoms with Crippen LogP contribution in [0.1, 0.15) is 32.6 Å². The minimum absolute atomic E-state index is 0.306. The summed E-state index contributed by atoms with van der Waals surface area (Å²) in [7, 11) is 0. The topological polar surface area (TPSA) is 17.1 Å². The standard InChI is InChI=1S/C10H16O/c1-2-5-9-6-3-4-7-10(9)8-11/h2,5,8-10H,3-4,6-7H2,1H3/b5-2+/t9-,10+/m0/s1. The van der Waals surface area contributed by atoms with Crippen molar-refractivity contribution < 1.29 is 4.79 Å². The van der Waals surface area contributed by atoms with Gasteiger partial charge in [-0.3, -0.25) is 0 Å². The molecular weight excluding hydrogens is 136 g/mol. The van der Waals surface area contributed by atoms with Gasteiger partial charge in [-0.05, 0) is 25.7 Å². The summed E-state index contributed by atoms with van der Waals surface area (Å²) in [5.74, 6) is 0.839. The van der Waals surface area contributed by atoms with Crippen LogP contribution in [0.4, 0.5) is 0 Å². The summed E-state index contributed by atoms with van der Waals surface area (Å²) in [6.07, 6.45) is 10.2. The van der Waals surface area contributed by atoms with Gasteiger partial charge in [-0.15, -0.1) is 0 Å². The number of hydrogen-bond donors (Lipinski definition) is 0. The fraction of sp³-hybridized carbons (Fsp3) is 0.700. The van der Waals surface area contributed by atoms with E-state index in [1.165, 1.54) is 19.3 Å². The maximum absolute atomic E-state index is 10.6. The molecule has 0 bridgehead atoms. The first-order valence-corrected chi connectivity index (χ1v) is 4.46. The van der Waals surface area contributed by atoms with E-state index in [1.54, 1.807) is 0 Å². The Hall–Kier alpha value is -0.590. The van der Waals surface area contributed by atoms with Crippen LogP contribution < -0.4 is 0 Å². The normalized spacial score (nSPS) is 32.5. The van der Waals surface area contributed by atoms with Gasteiger partial charge in [0, 0.05) is 5.92 Å². The Balaban J connectivity index is 2.50. The SMILES string of the molecule is C/C=C/[C@H]1CCCC[C@@H]1C=O. The van der Waals surface area contributed by atoms with Gasteiger partial charge in [0.15, 0.2) is 0 Å². The van der Waals surface area contributed by atoms with Crippen molar-refractivity contribution in [1.29, 1.82) is 0 Å². The van der Waals surface area contributed by atoms with Crippen molar-refractivity contribution >= 4 is 6.29 Å². The van der Waals surface area contributed by atoms with Crippen LogP contribution in [0.15, 0.2) is 12.2 Å². The van der Waals surface area contributed by atoms with E-state index in [9.17, 15) is 4.79 Å². The zero-order valence-electron chi connectivity index (χ0n) is 7.12. The predicted molar refractivity (Wildman–Crippen MR) is 46.3 cm³/mol. The summed E-state index contributed by atoms with van der Waals surface area (Å²) < 4.78 is 0. The minimum Gasteiger partial charge on any atom is -0.303 e. The molecule has 1 saturated carbocycles. The van der Waals surface area contributed by atoms with E-state index in [4.69, 9.17) is 0 Å². The van der Waals surface area contributed by atoms with Crippen LogP contribution in [-0.2, 0) is 4.79 Å². The minimum atomic E-state index is 0.306. The van der Waals surface area contributed by atoms with Crippen molar-refractivity contribution in [2.24, 2.45) is 11.8 Å². The first kappa shape index (κ1) is 8.51. The molecule has 1 fully saturated rings. The highest BCUT2D eigenvalue weighted by atomic mass is 16.1. The molecule has 0 radical (unpaired) electrons. The molecule has 0 aromatic heterocycles. The van der Waals surface area contributed by atoms with Crippen LogP contribution in [-0.4, -0.2) is 6.29 Å². The zero-order chi connectivity index (χ0) is 8.10. The summed E-state index contributed by atoms with van der Waals surface area (Å²) in [6, 6.07) is 0. The van der Waals surface area contributed by atoms with Crippen LogP contribution in [0.3, 0.4) is 0 Å². The van der Waals surface area contributed by atoms with Crippen molar-refractivity contribution in [2.75, 3.05) is 0 Å². The number of hydrogen-bond acceptors (Lipinski definition) is 1. The second-order valence-corrected chi connectivity index (χ2v) is 3.27. The highest BCUT2D eigenvalue weighted by Gasteiger charge is 2.21. The van der Waals surface area contributed by atoms with Gasteiger partial charge in [-0.1, -0.05) is 25.0 Å². The maximum atomic E-state index is 10.6. The Morgan fingerprint density at radius 3 is 2.36 bits per heavy atom. The second-order valence-electron chi connectivity index (χ2n) is 3.27. The third-order valence-electron chi connectivity index (χ3n) is 2.49. The summed E-state index contributed by atoms with van der Waals surface area (Å²) in [6.45, 7) is 2.02. The lowest BCUT2D eigenvalue weighted by molar-refractivity contribution is -0.112. The smallest absolute Gasteiger partial charge is 0.123 e. The van der Waals surface area contributed by atoms with Crippen LogP contribution in [0, 0.1) is 11.8 Å². The average molecular weight is 152 g/mol. The Kier molecular flexibility index (Phi) is 3.34. The molecule has 1 aliphatic carbocycles. The van der Waals surface area contributed by atoms with Crippen molar-refractivity contribution in [1.82, 2.24) is 0 Å². The molecule has 1 rings (SSSR count). The van der Waals surface area contributed by atoms with E-state index >= 15 is 0 Å². The quantitative estimate of drug-likeness (QED) is 0.439. The van der Waals surface area contributed by atoms with Gasteiger partial charge < -0.3 is 4.79 Å². The van der Waals surface area contributed by atoms with Crippen LogP contribution >= 0.6 is 0 Å². The Labute approximate surface area is 68.5 Å². The first-order valence-electron chi connectivity index (χ1n) is 4.46. The van der Waals surface area contributed by atoms with Gasteiger partial charge >= 0.3 is 0 Å². The molecule has 0 aromatic carbocycles.